The molecule has 0 radical (unpaired) electrons. The minimum atomic E-state index is -1.12. The lowest BCUT2D eigenvalue weighted by Gasteiger charge is -2.31. The number of rotatable bonds is 11. The molecule has 0 saturated heterocycles. The molecule has 3 aromatic carbocycles. The van der Waals surface area contributed by atoms with Crippen LogP contribution in [-0.4, -0.2) is 75.4 Å². The molecule has 1 aliphatic heterocycles. The normalized spacial score (nSPS) is 12.7. The first-order valence-electron chi connectivity index (χ1n) is 16.4. The van der Waals surface area contributed by atoms with Gasteiger partial charge < -0.3 is 19.6 Å². The zero-order valence-corrected chi connectivity index (χ0v) is 28.9. The SMILES string of the molecule is Cc1c(-c2ccc(N3CCc4cccc(C(=O)Nc5nc6ccccc6s5)c4C3)nc2C(=O)O)cnn1Cc1ccccc1OCCN(C)C. The van der Waals surface area contributed by atoms with Gasteiger partial charge in [-0.05, 0) is 75.0 Å². The van der Waals surface area contributed by atoms with Gasteiger partial charge >= 0.3 is 5.97 Å². The number of fused-ring (bicyclic) bond motifs is 2. The van der Waals surface area contributed by atoms with E-state index in [-0.39, 0.29) is 11.6 Å². The van der Waals surface area contributed by atoms with Gasteiger partial charge in [0.05, 0.1) is 23.0 Å². The van der Waals surface area contributed by atoms with E-state index in [4.69, 9.17) is 4.74 Å². The minimum absolute atomic E-state index is 0.0507. The topological polar surface area (TPSA) is 126 Å². The number of nitrogens with zero attached hydrogens (tertiary/aromatic N) is 6. The first-order chi connectivity index (χ1) is 24.2. The highest BCUT2D eigenvalue weighted by Gasteiger charge is 2.26. The number of amides is 1. The molecule has 4 heterocycles. The summed E-state index contributed by atoms with van der Waals surface area (Å²) in [6.07, 6.45) is 2.39. The first kappa shape index (κ1) is 32.9. The third-order valence-electron chi connectivity index (χ3n) is 8.92. The number of carbonyl (C=O) groups excluding carboxylic acids is 1. The fourth-order valence-corrected chi connectivity index (χ4v) is 7.09. The quantitative estimate of drug-likeness (QED) is 0.160. The maximum absolute atomic E-state index is 13.5. The Bertz CT molecular complexity index is 2180. The molecule has 0 bridgehead atoms. The summed E-state index contributed by atoms with van der Waals surface area (Å²) in [5.41, 5.74) is 6.32. The van der Waals surface area contributed by atoms with Gasteiger partial charge in [0.15, 0.2) is 10.8 Å². The molecule has 50 heavy (non-hydrogen) atoms. The lowest BCUT2D eigenvalue weighted by atomic mass is 9.94. The van der Waals surface area contributed by atoms with Gasteiger partial charge in [-0.2, -0.15) is 5.10 Å². The summed E-state index contributed by atoms with van der Waals surface area (Å²) < 4.78 is 8.91. The monoisotopic (exact) mass is 687 g/mol. The smallest absolute Gasteiger partial charge is 0.355 e. The lowest BCUT2D eigenvalue weighted by Crippen LogP contribution is -2.33. The van der Waals surface area contributed by atoms with Crippen molar-refractivity contribution in [3.8, 4) is 16.9 Å². The number of likely N-dealkylation sites (N-methyl/N-ethyl adjacent to an activating group) is 1. The van der Waals surface area contributed by atoms with Crippen molar-refractivity contribution in [2.24, 2.45) is 0 Å². The van der Waals surface area contributed by atoms with E-state index in [0.29, 0.717) is 60.3 Å². The number of benzene rings is 3. The molecular weight excluding hydrogens is 651 g/mol. The molecule has 0 atom stereocenters. The number of nitrogens with one attached hydrogen (secondary N) is 1. The summed E-state index contributed by atoms with van der Waals surface area (Å²) >= 11 is 1.43. The molecule has 1 amide bonds. The van der Waals surface area contributed by atoms with Gasteiger partial charge in [-0.1, -0.05) is 53.8 Å². The molecule has 11 nitrogen and oxygen atoms in total. The zero-order chi connectivity index (χ0) is 34.8. The van der Waals surface area contributed by atoms with E-state index >= 15 is 0 Å². The van der Waals surface area contributed by atoms with Crippen molar-refractivity contribution in [1.29, 1.82) is 0 Å². The summed E-state index contributed by atoms with van der Waals surface area (Å²) in [6, 6.07) is 25.1. The standard InChI is InChI=1S/C38H37N7O4S/c1-24-29(21-39-45(24)22-26-9-4-6-13-32(26)49-20-19-43(2)3)27-15-16-34(41-35(27)37(47)48)44-18-17-25-10-8-11-28(30(25)23-44)36(46)42-38-40-31-12-5-7-14-33(31)50-38/h4-16,21H,17-20,22-23H2,1-3H3,(H,47,48)(H,40,42,46). The Balaban J connectivity index is 1.12. The van der Waals surface area contributed by atoms with Crippen LogP contribution in [0.15, 0.2) is 85.1 Å². The molecule has 1 aliphatic rings. The number of carboxylic acids is 1. The fourth-order valence-electron chi connectivity index (χ4n) is 6.23. The number of thiazole rings is 1. The third kappa shape index (κ3) is 6.80. The number of aromatic carboxylic acids is 1. The van der Waals surface area contributed by atoms with Crippen molar-refractivity contribution in [1.82, 2.24) is 24.6 Å². The average molecular weight is 688 g/mol. The largest absolute Gasteiger partial charge is 0.492 e. The van der Waals surface area contributed by atoms with Crippen LogP contribution >= 0.6 is 11.3 Å². The molecule has 0 fully saturated rings. The summed E-state index contributed by atoms with van der Waals surface area (Å²) in [5.74, 6) is -0.0231. The first-order valence-corrected chi connectivity index (χ1v) is 17.2. The fraction of sp³-hybridized carbons (Fsp3) is 0.237. The number of anilines is 2. The predicted molar refractivity (Wildman–Crippen MR) is 196 cm³/mol. The van der Waals surface area contributed by atoms with Crippen molar-refractivity contribution in [3.63, 3.8) is 0 Å². The minimum Gasteiger partial charge on any atom is -0.492 e. The molecular formula is C38H37N7O4S. The van der Waals surface area contributed by atoms with Crippen LogP contribution in [0.3, 0.4) is 0 Å². The molecule has 0 aliphatic carbocycles. The predicted octanol–water partition coefficient (Wildman–Crippen LogP) is 6.37. The van der Waals surface area contributed by atoms with Gasteiger partial charge in [-0.15, -0.1) is 0 Å². The van der Waals surface area contributed by atoms with Crippen LogP contribution in [0.1, 0.15) is 43.2 Å². The second-order valence-electron chi connectivity index (χ2n) is 12.5. The molecule has 0 unspecified atom stereocenters. The van der Waals surface area contributed by atoms with E-state index in [1.54, 1.807) is 12.3 Å². The van der Waals surface area contributed by atoms with Crippen LogP contribution in [-0.2, 0) is 19.5 Å². The number of carboxylic acid groups (broad SMARTS) is 1. The summed E-state index contributed by atoms with van der Waals surface area (Å²) in [4.78, 5) is 39.5. The van der Waals surface area contributed by atoms with Gasteiger partial charge in [0, 0.05) is 47.6 Å². The molecule has 12 heteroatoms. The number of aromatic nitrogens is 4. The maximum Gasteiger partial charge on any atom is 0.355 e. The van der Waals surface area contributed by atoms with E-state index in [0.717, 1.165) is 44.9 Å². The Morgan fingerprint density at radius 2 is 1.80 bits per heavy atom. The molecule has 0 saturated carbocycles. The zero-order valence-electron chi connectivity index (χ0n) is 28.1. The van der Waals surface area contributed by atoms with Crippen molar-refractivity contribution in [2.45, 2.75) is 26.4 Å². The third-order valence-corrected chi connectivity index (χ3v) is 9.87. The Labute approximate surface area is 293 Å². The summed E-state index contributed by atoms with van der Waals surface area (Å²) in [7, 11) is 4.01. The molecule has 7 rings (SSSR count). The maximum atomic E-state index is 13.5. The van der Waals surface area contributed by atoms with Crippen LogP contribution in [0.4, 0.5) is 10.9 Å². The van der Waals surface area contributed by atoms with Crippen molar-refractivity contribution in [2.75, 3.05) is 44.0 Å². The number of pyridine rings is 1. The highest BCUT2D eigenvalue weighted by atomic mass is 32.1. The van der Waals surface area contributed by atoms with Crippen LogP contribution in [0.2, 0.25) is 0 Å². The van der Waals surface area contributed by atoms with Gasteiger partial charge in [0.1, 0.15) is 18.2 Å². The molecule has 6 aromatic rings. The Hall–Kier alpha value is -5.59. The second-order valence-corrected chi connectivity index (χ2v) is 13.5. The Morgan fingerprint density at radius 1 is 0.980 bits per heavy atom. The van der Waals surface area contributed by atoms with Crippen molar-refractivity contribution < 1.29 is 19.4 Å². The average Bonchev–Trinajstić information content (AvgIpc) is 3.70. The van der Waals surface area contributed by atoms with E-state index < -0.39 is 5.97 Å². The van der Waals surface area contributed by atoms with E-state index in [1.165, 1.54) is 11.3 Å². The number of para-hydroxylation sites is 2. The molecule has 2 N–H and O–H groups in total. The van der Waals surface area contributed by atoms with Gasteiger partial charge in [0.2, 0.25) is 0 Å². The summed E-state index contributed by atoms with van der Waals surface area (Å²) in [6.45, 7) is 4.81. The Morgan fingerprint density at radius 3 is 2.62 bits per heavy atom. The van der Waals surface area contributed by atoms with Gasteiger partial charge in [-0.25, -0.2) is 14.8 Å². The van der Waals surface area contributed by atoms with E-state index in [1.807, 2.05) is 103 Å². The lowest BCUT2D eigenvalue weighted by molar-refractivity contribution is 0.0691. The van der Waals surface area contributed by atoms with Crippen LogP contribution < -0.4 is 15.0 Å². The highest BCUT2D eigenvalue weighted by Crippen LogP contribution is 2.32. The second kappa shape index (κ2) is 14.1. The number of hydrogen-bond acceptors (Lipinski definition) is 9. The van der Waals surface area contributed by atoms with Crippen molar-refractivity contribution in [3.05, 3.63) is 119 Å². The number of ether oxygens (including phenoxy) is 1. The summed E-state index contributed by atoms with van der Waals surface area (Å²) in [5, 5.41) is 18.5. The molecule has 254 valence electrons. The van der Waals surface area contributed by atoms with Crippen LogP contribution in [0.25, 0.3) is 21.3 Å². The highest BCUT2D eigenvalue weighted by molar-refractivity contribution is 7.22. The van der Waals surface area contributed by atoms with Crippen LogP contribution in [0.5, 0.6) is 5.75 Å². The van der Waals surface area contributed by atoms with Gasteiger partial charge in [0.25, 0.3) is 5.91 Å². The van der Waals surface area contributed by atoms with E-state index in [2.05, 4.69) is 25.3 Å². The van der Waals surface area contributed by atoms with Gasteiger partial charge in [-0.3, -0.25) is 14.8 Å². The number of carbonyl (C=O) groups is 2. The molecule has 0 spiro atoms. The van der Waals surface area contributed by atoms with E-state index in [9.17, 15) is 14.7 Å². The Kier molecular flexibility index (Phi) is 9.29. The molecule has 3 aromatic heterocycles. The van der Waals surface area contributed by atoms with Crippen LogP contribution in [0, 0.1) is 6.92 Å². The van der Waals surface area contributed by atoms with Crippen molar-refractivity contribution >= 4 is 44.4 Å². The number of hydrogen-bond donors (Lipinski definition) is 2.